The van der Waals surface area contributed by atoms with E-state index < -0.39 is 0 Å². The molecule has 2 N–H and O–H groups in total. The lowest BCUT2D eigenvalue weighted by molar-refractivity contribution is 0.0932. The van der Waals surface area contributed by atoms with E-state index >= 15 is 0 Å². The third kappa shape index (κ3) is 2.96. The topological polar surface area (TPSA) is 67.0 Å². The molecule has 2 aromatic rings. The van der Waals surface area contributed by atoms with Crippen LogP contribution in [-0.4, -0.2) is 36.4 Å². The van der Waals surface area contributed by atoms with Gasteiger partial charge in [-0.25, -0.2) is 0 Å². The fraction of sp³-hybridized carbons (Fsp3) is 0.333. The standard InChI is InChI=1S/C12H15N3O2S/c1-8-3-4-11(18-8)9-7-10(15-14-9)12(16)13-5-6-17-2/h3-4,7H,5-6H2,1-2H3,(H,13,16)(H,14,15). The molecule has 0 aliphatic heterocycles. The number of hydrogen-bond acceptors (Lipinski definition) is 4. The first-order valence-electron chi connectivity index (χ1n) is 5.60. The Hall–Kier alpha value is -1.66. The van der Waals surface area contributed by atoms with E-state index in [-0.39, 0.29) is 5.91 Å². The summed E-state index contributed by atoms with van der Waals surface area (Å²) in [6, 6.07) is 5.81. The first-order valence-corrected chi connectivity index (χ1v) is 6.41. The van der Waals surface area contributed by atoms with E-state index in [9.17, 15) is 4.79 Å². The molecule has 0 spiro atoms. The molecule has 0 bridgehead atoms. The number of aromatic nitrogens is 2. The van der Waals surface area contributed by atoms with Gasteiger partial charge in [-0.05, 0) is 25.1 Å². The molecule has 0 aliphatic rings. The largest absolute Gasteiger partial charge is 0.383 e. The lowest BCUT2D eigenvalue weighted by atomic mass is 10.3. The van der Waals surface area contributed by atoms with Crippen molar-refractivity contribution in [3.05, 3.63) is 28.8 Å². The van der Waals surface area contributed by atoms with E-state index in [0.29, 0.717) is 18.8 Å². The summed E-state index contributed by atoms with van der Waals surface area (Å²) in [5, 5.41) is 9.61. The number of aromatic amines is 1. The average Bonchev–Trinajstić information content (AvgIpc) is 2.97. The maximum absolute atomic E-state index is 11.7. The predicted molar refractivity (Wildman–Crippen MR) is 70.8 cm³/mol. The van der Waals surface area contributed by atoms with Gasteiger partial charge in [0, 0.05) is 18.5 Å². The first kappa shape index (κ1) is 12.8. The van der Waals surface area contributed by atoms with Crippen LogP contribution in [0.5, 0.6) is 0 Å². The zero-order valence-electron chi connectivity index (χ0n) is 10.3. The Morgan fingerprint density at radius 3 is 3.06 bits per heavy atom. The Labute approximate surface area is 109 Å². The highest BCUT2D eigenvalue weighted by atomic mass is 32.1. The molecule has 96 valence electrons. The Kier molecular flexibility index (Phi) is 4.11. The number of nitrogens with one attached hydrogen (secondary N) is 2. The number of carbonyl (C=O) groups excluding carboxylic acids is 1. The number of aryl methyl sites for hydroxylation is 1. The minimum absolute atomic E-state index is 0.192. The van der Waals surface area contributed by atoms with Crippen LogP contribution in [0.2, 0.25) is 0 Å². The maximum atomic E-state index is 11.7. The van der Waals surface area contributed by atoms with Gasteiger partial charge >= 0.3 is 0 Å². The van der Waals surface area contributed by atoms with Crippen molar-refractivity contribution in [2.24, 2.45) is 0 Å². The van der Waals surface area contributed by atoms with Crippen LogP contribution in [0, 0.1) is 6.92 Å². The Bertz CT molecular complexity index is 533. The first-order chi connectivity index (χ1) is 8.70. The van der Waals surface area contributed by atoms with Gasteiger partial charge in [-0.15, -0.1) is 11.3 Å². The molecule has 18 heavy (non-hydrogen) atoms. The van der Waals surface area contributed by atoms with Gasteiger partial charge in [0.25, 0.3) is 5.91 Å². The number of methoxy groups -OCH3 is 1. The zero-order chi connectivity index (χ0) is 13.0. The maximum Gasteiger partial charge on any atom is 0.271 e. The number of thiophene rings is 1. The van der Waals surface area contributed by atoms with Crippen molar-refractivity contribution in [3.8, 4) is 10.6 Å². The predicted octanol–water partition coefficient (Wildman–Crippen LogP) is 1.82. The van der Waals surface area contributed by atoms with Crippen LogP contribution in [0.1, 0.15) is 15.4 Å². The average molecular weight is 265 g/mol. The quantitative estimate of drug-likeness (QED) is 0.810. The second kappa shape index (κ2) is 5.79. The van der Waals surface area contributed by atoms with E-state index in [1.165, 1.54) is 4.88 Å². The molecule has 0 saturated heterocycles. The van der Waals surface area contributed by atoms with Crippen molar-refractivity contribution in [2.75, 3.05) is 20.3 Å². The highest BCUT2D eigenvalue weighted by Gasteiger charge is 2.11. The lowest BCUT2D eigenvalue weighted by Gasteiger charge is -2.00. The van der Waals surface area contributed by atoms with Crippen LogP contribution < -0.4 is 5.32 Å². The molecule has 6 heteroatoms. The molecule has 2 aromatic heterocycles. The molecule has 2 rings (SSSR count). The minimum atomic E-state index is -0.192. The molecule has 2 heterocycles. The summed E-state index contributed by atoms with van der Waals surface area (Å²) < 4.78 is 4.86. The molecule has 0 radical (unpaired) electrons. The smallest absolute Gasteiger partial charge is 0.271 e. The van der Waals surface area contributed by atoms with Gasteiger partial charge in [0.1, 0.15) is 0 Å². The van der Waals surface area contributed by atoms with Gasteiger partial charge in [-0.1, -0.05) is 0 Å². The van der Waals surface area contributed by atoms with Gasteiger partial charge in [-0.2, -0.15) is 5.10 Å². The number of rotatable bonds is 5. The van der Waals surface area contributed by atoms with Crippen LogP contribution in [0.15, 0.2) is 18.2 Å². The number of hydrogen-bond donors (Lipinski definition) is 2. The Balaban J connectivity index is 2.04. The lowest BCUT2D eigenvalue weighted by Crippen LogP contribution is -2.27. The third-order valence-corrected chi connectivity index (χ3v) is 3.44. The van der Waals surface area contributed by atoms with Gasteiger partial charge in [0.2, 0.25) is 0 Å². The molecule has 0 saturated carbocycles. The second-order valence-corrected chi connectivity index (χ2v) is 5.11. The van der Waals surface area contributed by atoms with Gasteiger partial charge in [-0.3, -0.25) is 9.89 Å². The highest BCUT2D eigenvalue weighted by Crippen LogP contribution is 2.26. The zero-order valence-corrected chi connectivity index (χ0v) is 11.1. The molecule has 0 unspecified atom stereocenters. The van der Waals surface area contributed by atoms with Crippen LogP contribution in [0.25, 0.3) is 10.6 Å². The fourth-order valence-electron chi connectivity index (χ4n) is 1.50. The normalized spacial score (nSPS) is 10.6. The van der Waals surface area contributed by atoms with Gasteiger partial charge < -0.3 is 10.1 Å². The van der Waals surface area contributed by atoms with Crippen molar-refractivity contribution in [1.29, 1.82) is 0 Å². The van der Waals surface area contributed by atoms with Crippen LogP contribution in [-0.2, 0) is 4.74 Å². The molecule has 0 fully saturated rings. The van der Waals surface area contributed by atoms with Crippen molar-refractivity contribution in [2.45, 2.75) is 6.92 Å². The monoisotopic (exact) mass is 265 g/mol. The summed E-state index contributed by atoms with van der Waals surface area (Å²) in [5.74, 6) is -0.192. The fourth-order valence-corrected chi connectivity index (χ4v) is 2.33. The van der Waals surface area contributed by atoms with Crippen molar-refractivity contribution in [1.82, 2.24) is 15.5 Å². The molecular formula is C12H15N3O2S. The Morgan fingerprint density at radius 2 is 2.39 bits per heavy atom. The summed E-state index contributed by atoms with van der Waals surface area (Å²) in [6.45, 7) is 3.02. The van der Waals surface area contributed by atoms with E-state index in [4.69, 9.17) is 4.74 Å². The molecule has 0 atom stereocenters. The molecule has 1 amide bonds. The molecular weight excluding hydrogens is 250 g/mol. The van der Waals surface area contributed by atoms with E-state index in [1.54, 1.807) is 24.5 Å². The van der Waals surface area contributed by atoms with Crippen LogP contribution in [0.3, 0.4) is 0 Å². The summed E-state index contributed by atoms with van der Waals surface area (Å²) in [6.07, 6.45) is 0. The van der Waals surface area contributed by atoms with E-state index in [1.807, 2.05) is 19.1 Å². The molecule has 0 aliphatic carbocycles. The number of amides is 1. The highest BCUT2D eigenvalue weighted by molar-refractivity contribution is 7.15. The third-order valence-electron chi connectivity index (χ3n) is 2.41. The number of carbonyl (C=O) groups is 1. The summed E-state index contributed by atoms with van der Waals surface area (Å²) in [5.41, 5.74) is 1.26. The van der Waals surface area contributed by atoms with Crippen molar-refractivity contribution < 1.29 is 9.53 Å². The summed E-state index contributed by atoms with van der Waals surface area (Å²) in [7, 11) is 1.60. The molecule has 5 nitrogen and oxygen atoms in total. The molecule has 0 aromatic carbocycles. The van der Waals surface area contributed by atoms with E-state index in [0.717, 1.165) is 10.6 Å². The minimum Gasteiger partial charge on any atom is -0.383 e. The SMILES string of the molecule is COCCNC(=O)c1cc(-c2ccc(C)s2)[nH]n1. The van der Waals surface area contributed by atoms with Crippen LogP contribution >= 0.6 is 11.3 Å². The van der Waals surface area contributed by atoms with Gasteiger partial charge in [0.15, 0.2) is 5.69 Å². The summed E-state index contributed by atoms with van der Waals surface area (Å²) in [4.78, 5) is 14.0. The van der Waals surface area contributed by atoms with Crippen LogP contribution in [0.4, 0.5) is 0 Å². The summed E-state index contributed by atoms with van der Waals surface area (Å²) >= 11 is 1.66. The number of ether oxygens (including phenoxy) is 1. The van der Waals surface area contributed by atoms with Crippen molar-refractivity contribution >= 4 is 17.2 Å². The Morgan fingerprint density at radius 1 is 1.56 bits per heavy atom. The number of nitrogens with zero attached hydrogens (tertiary/aromatic N) is 1. The van der Waals surface area contributed by atoms with Gasteiger partial charge in [0.05, 0.1) is 17.2 Å². The second-order valence-electron chi connectivity index (χ2n) is 3.83. The van der Waals surface area contributed by atoms with Crippen molar-refractivity contribution in [3.63, 3.8) is 0 Å². The number of H-pyrrole nitrogens is 1. The van der Waals surface area contributed by atoms with E-state index in [2.05, 4.69) is 15.5 Å².